The Morgan fingerprint density at radius 1 is 1.67 bits per heavy atom. The van der Waals surface area contributed by atoms with E-state index in [-0.39, 0.29) is 12.1 Å². The number of hydrogen-bond donors (Lipinski definition) is 1. The molecule has 0 unspecified atom stereocenters. The van der Waals surface area contributed by atoms with Crippen molar-refractivity contribution in [1.29, 1.82) is 0 Å². The van der Waals surface area contributed by atoms with Gasteiger partial charge in [0.15, 0.2) is 6.10 Å². The van der Waals surface area contributed by atoms with Crippen molar-refractivity contribution in [2.45, 2.75) is 19.4 Å². The Labute approximate surface area is 88.0 Å². The van der Waals surface area contributed by atoms with Crippen LogP contribution in [0.3, 0.4) is 0 Å². The zero-order valence-corrected chi connectivity index (χ0v) is 8.53. The van der Waals surface area contributed by atoms with Crippen LogP contribution in [0, 0.1) is 0 Å². The lowest BCUT2D eigenvalue weighted by atomic mass is 10.1. The standard InChI is InChI=1S/C11H13NO3/c1-2-11(13)15-10-6-14-9-5-7(12)3-4-8(9)10/h3-5,10H,2,6,12H2,1H3/t10-/m1/s1. The lowest BCUT2D eigenvalue weighted by Crippen LogP contribution is -2.11. The molecule has 1 atom stereocenters. The summed E-state index contributed by atoms with van der Waals surface area (Å²) in [6.45, 7) is 2.15. The molecule has 80 valence electrons. The van der Waals surface area contributed by atoms with Gasteiger partial charge in [0.25, 0.3) is 0 Å². The summed E-state index contributed by atoms with van der Waals surface area (Å²) >= 11 is 0. The molecule has 0 amide bonds. The van der Waals surface area contributed by atoms with Gasteiger partial charge in [0.1, 0.15) is 12.4 Å². The molecule has 1 heterocycles. The van der Waals surface area contributed by atoms with Crippen LogP contribution >= 0.6 is 0 Å². The Kier molecular flexibility index (Phi) is 2.49. The van der Waals surface area contributed by atoms with E-state index in [4.69, 9.17) is 15.2 Å². The van der Waals surface area contributed by atoms with Crippen molar-refractivity contribution < 1.29 is 14.3 Å². The lowest BCUT2D eigenvalue weighted by molar-refractivity contribution is -0.149. The van der Waals surface area contributed by atoms with E-state index in [1.165, 1.54) is 0 Å². The maximum atomic E-state index is 11.1. The van der Waals surface area contributed by atoms with Gasteiger partial charge in [-0.15, -0.1) is 0 Å². The molecule has 0 radical (unpaired) electrons. The summed E-state index contributed by atoms with van der Waals surface area (Å²) in [6, 6.07) is 5.36. The largest absolute Gasteiger partial charge is 0.489 e. The number of nitrogens with two attached hydrogens (primary N) is 1. The first-order chi connectivity index (χ1) is 7.20. The molecule has 2 N–H and O–H groups in total. The molecule has 1 aromatic carbocycles. The minimum Gasteiger partial charge on any atom is -0.489 e. The molecule has 0 bridgehead atoms. The molecule has 1 aromatic rings. The Morgan fingerprint density at radius 3 is 3.20 bits per heavy atom. The number of nitrogen functional groups attached to an aromatic ring is 1. The van der Waals surface area contributed by atoms with Gasteiger partial charge in [-0.05, 0) is 12.1 Å². The fourth-order valence-electron chi connectivity index (χ4n) is 1.54. The van der Waals surface area contributed by atoms with E-state index in [2.05, 4.69) is 0 Å². The second-order valence-corrected chi connectivity index (χ2v) is 3.44. The van der Waals surface area contributed by atoms with Crippen LogP contribution in [0.5, 0.6) is 5.75 Å². The van der Waals surface area contributed by atoms with Gasteiger partial charge in [0, 0.05) is 23.7 Å². The maximum Gasteiger partial charge on any atom is 0.306 e. The molecule has 0 saturated heterocycles. The summed E-state index contributed by atoms with van der Waals surface area (Å²) in [4.78, 5) is 11.1. The van der Waals surface area contributed by atoms with Gasteiger partial charge in [-0.2, -0.15) is 0 Å². The van der Waals surface area contributed by atoms with Crippen LogP contribution in [-0.4, -0.2) is 12.6 Å². The predicted octanol–water partition coefficient (Wildman–Crippen LogP) is 1.66. The van der Waals surface area contributed by atoms with E-state index in [1.807, 2.05) is 6.07 Å². The lowest BCUT2D eigenvalue weighted by Gasteiger charge is -2.09. The first kappa shape index (κ1) is 9.83. The highest BCUT2D eigenvalue weighted by molar-refractivity contribution is 5.69. The predicted molar refractivity (Wildman–Crippen MR) is 55.5 cm³/mol. The molecule has 4 heteroatoms. The molecule has 0 saturated carbocycles. The summed E-state index contributed by atoms with van der Waals surface area (Å²) in [5.41, 5.74) is 7.16. The maximum absolute atomic E-state index is 11.1. The Balaban J connectivity index is 2.18. The van der Waals surface area contributed by atoms with E-state index >= 15 is 0 Å². The highest BCUT2D eigenvalue weighted by Crippen LogP contribution is 2.35. The SMILES string of the molecule is CCC(=O)O[C@@H]1COc2cc(N)ccc21. The number of fused-ring (bicyclic) bond motifs is 1. The van der Waals surface area contributed by atoms with Crippen LogP contribution in [0.4, 0.5) is 5.69 Å². The van der Waals surface area contributed by atoms with Crippen molar-refractivity contribution in [2.24, 2.45) is 0 Å². The highest BCUT2D eigenvalue weighted by atomic mass is 16.6. The van der Waals surface area contributed by atoms with Crippen molar-refractivity contribution in [3.05, 3.63) is 23.8 Å². The van der Waals surface area contributed by atoms with E-state index in [9.17, 15) is 4.79 Å². The summed E-state index contributed by atoms with van der Waals surface area (Å²) < 4.78 is 10.6. The van der Waals surface area contributed by atoms with Crippen LogP contribution < -0.4 is 10.5 Å². The van der Waals surface area contributed by atoms with Crippen molar-refractivity contribution >= 4 is 11.7 Å². The third-order valence-corrected chi connectivity index (χ3v) is 2.34. The van der Waals surface area contributed by atoms with Crippen molar-refractivity contribution in [3.8, 4) is 5.75 Å². The van der Waals surface area contributed by atoms with Crippen LogP contribution in [0.15, 0.2) is 18.2 Å². The number of hydrogen-bond acceptors (Lipinski definition) is 4. The molecular formula is C11H13NO3. The van der Waals surface area contributed by atoms with E-state index in [0.717, 1.165) is 5.56 Å². The topological polar surface area (TPSA) is 61.5 Å². The molecule has 0 aromatic heterocycles. The molecule has 0 spiro atoms. The Morgan fingerprint density at radius 2 is 2.47 bits per heavy atom. The van der Waals surface area contributed by atoms with E-state index in [1.54, 1.807) is 19.1 Å². The monoisotopic (exact) mass is 207 g/mol. The van der Waals surface area contributed by atoms with Gasteiger partial charge in [-0.25, -0.2) is 0 Å². The van der Waals surface area contributed by atoms with E-state index < -0.39 is 0 Å². The van der Waals surface area contributed by atoms with Gasteiger partial charge >= 0.3 is 5.97 Å². The summed E-state index contributed by atoms with van der Waals surface area (Å²) in [6.07, 6.45) is 0.0916. The zero-order chi connectivity index (χ0) is 10.8. The number of rotatable bonds is 2. The normalized spacial score (nSPS) is 18.1. The van der Waals surface area contributed by atoms with Crippen molar-refractivity contribution in [1.82, 2.24) is 0 Å². The van der Waals surface area contributed by atoms with E-state index in [0.29, 0.717) is 24.5 Å². The zero-order valence-electron chi connectivity index (χ0n) is 8.53. The number of ether oxygens (including phenoxy) is 2. The summed E-state index contributed by atoms with van der Waals surface area (Å²) in [5, 5.41) is 0. The smallest absolute Gasteiger partial charge is 0.306 e. The van der Waals surface area contributed by atoms with Gasteiger partial charge in [-0.3, -0.25) is 4.79 Å². The third-order valence-electron chi connectivity index (χ3n) is 2.34. The molecule has 1 aliphatic rings. The van der Waals surface area contributed by atoms with Crippen LogP contribution in [0.2, 0.25) is 0 Å². The Hall–Kier alpha value is -1.71. The average Bonchev–Trinajstić information content (AvgIpc) is 2.60. The molecule has 15 heavy (non-hydrogen) atoms. The fourth-order valence-corrected chi connectivity index (χ4v) is 1.54. The molecular weight excluding hydrogens is 194 g/mol. The van der Waals surface area contributed by atoms with Crippen LogP contribution in [0.25, 0.3) is 0 Å². The quantitative estimate of drug-likeness (QED) is 0.591. The fraction of sp³-hybridized carbons (Fsp3) is 0.364. The van der Waals surface area contributed by atoms with Crippen molar-refractivity contribution in [2.75, 3.05) is 12.3 Å². The number of anilines is 1. The second kappa shape index (κ2) is 3.81. The average molecular weight is 207 g/mol. The minimum atomic E-state index is -0.284. The molecule has 0 aliphatic carbocycles. The molecule has 0 fully saturated rings. The Bertz CT molecular complexity index is 389. The minimum absolute atomic E-state index is 0.215. The van der Waals surface area contributed by atoms with Crippen molar-refractivity contribution in [3.63, 3.8) is 0 Å². The summed E-state index contributed by atoms with van der Waals surface area (Å²) in [5.74, 6) is 0.497. The third kappa shape index (κ3) is 1.88. The van der Waals surface area contributed by atoms with Gasteiger partial charge in [0.05, 0.1) is 0 Å². The molecule has 2 rings (SSSR count). The second-order valence-electron chi connectivity index (χ2n) is 3.44. The van der Waals surface area contributed by atoms with Gasteiger partial charge in [-0.1, -0.05) is 6.92 Å². The van der Waals surface area contributed by atoms with Gasteiger partial charge in [0.2, 0.25) is 0 Å². The number of esters is 1. The van der Waals surface area contributed by atoms with Gasteiger partial charge < -0.3 is 15.2 Å². The highest BCUT2D eigenvalue weighted by Gasteiger charge is 2.26. The summed E-state index contributed by atoms with van der Waals surface area (Å²) in [7, 11) is 0. The number of benzene rings is 1. The number of carbonyl (C=O) groups is 1. The first-order valence-corrected chi connectivity index (χ1v) is 4.92. The molecule has 1 aliphatic heterocycles. The molecule has 4 nitrogen and oxygen atoms in total. The number of carbonyl (C=O) groups excluding carboxylic acids is 1. The van der Waals surface area contributed by atoms with Crippen LogP contribution in [-0.2, 0) is 9.53 Å². The van der Waals surface area contributed by atoms with Crippen LogP contribution in [0.1, 0.15) is 25.0 Å². The first-order valence-electron chi connectivity index (χ1n) is 4.92.